The second-order valence-corrected chi connectivity index (χ2v) is 7.95. The standard InChI is InChI=1S/C25H29N3O/c1-3-25(22-13-7-8-14-23(22)26(2)24(25)29)15-9-10-16-27-17-19-28(20-18-27)21-11-5-4-6-12-21/h4-8,11-14H,3,15-20H2,1-2H3. The van der Waals surface area contributed by atoms with E-state index in [4.69, 9.17) is 0 Å². The van der Waals surface area contributed by atoms with Crippen LogP contribution in [0.15, 0.2) is 54.6 Å². The summed E-state index contributed by atoms with van der Waals surface area (Å²) in [4.78, 5) is 19.7. The molecular weight excluding hydrogens is 358 g/mol. The van der Waals surface area contributed by atoms with Gasteiger partial charge >= 0.3 is 0 Å². The molecule has 1 saturated heterocycles. The molecule has 150 valence electrons. The largest absolute Gasteiger partial charge is 0.369 e. The molecule has 2 aromatic carbocycles. The second-order valence-electron chi connectivity index (χ2n) is 7.95. The maximum atomic E-state index is 13.0. The quantitative estimate of drug-likeness (QED) is 0.751. The molecule has 0 saturated carbocycles. The van der Waals surface area contributed by atoms with Crippen LogP contribution in [-0.4, -0.2) is 50.6 Å². The van der Waals surface area contributed by atoms with Crippen molar-refractivity contribution in [2.45, 2.75) is 25.2 Å². The highest BCUT2D eigenvalue weighted by molar-refractivity contribution is 6.07. The summed E-state index contributed by atoms with van der Waals surface area (Å²) in [5.74, 6) is 6.87. The molecule has 0 N–H and O–H groups in total. The topological polar surface area (TPSA) is 26.8 Å². The molecule has 1 amide bonds. The van der Waals surface area contributed by atoms with Crippen molar-refractivity contribution in [1.82, 2.24) is 4.90 Å². The molecule has 29 heavy (non-hydrogen) atoms. The number of amides is 1. The van der Waals surface area contributed by atoms with Crippen LogP contribution in [0.5, 0.6) is 0 Å². The fourth-order valence-electron chi connectivity index (χ4n) is 4.54. The van der Waals surface area contributed by atoms with Crippen LogP contribution in [0.4, 0.5) is 11.4 Å². The van der Waals surface area contributed by atoms with Gasteiger partial charge < -0.3 is 9.80 Å². The summed E-state index contributed by atoms with van der Waals surface area (Å²) in [6.07, 6.45) is 1.37. The maximum absolute atomic E-state index is 13.0. The zero-order valence-electron chi connectivity index (χ0n) is 17.4. The zero-order chi connectivity index (χ0) is 20.3. The van der Waals surface area contributed by atoms with Crippen LogP contribution in [0.2, 0.25) is 0 Å². The molecule has 0 aliphatic carbocycles. The molecule has 0 radical (unpaired) electrons. The van der Waals surface area contributed by atoms with Crippen LogP contribution in [0.25, 0.3) is 0 Å². The van der Waals surface area contributed by atoms with Gasteiger partial charge in [0.1, 0.15) is 0 Å². The van der Waals surface area contributed by atoms with Gasteiger partial charge in [-0.25, -0.2) is 0 Å². The Morgan fingerprint density at radius 2 is 1.62 bits per heavy atom. The van der Waals surface area contributed by atoms with Gasteiger partial charge in [-0.1, -0.05) is 49.2 Å². The Hall–Kier alpha value is -2.77. The number of carbonyl (C=O) groups excluding carboxylic acids is 1. The van der Waals surface area contributed by atoms with E-state index in [2.05, 4.69) is 65.0 Å². The minimum absolute atomic E-state index is 0.173. The fraction of sp³-hybridized carbons (Fsp3) is 0.400. The highest BCUT2D eigenvalue weighted by Crippen LogP contribution is 2.45. The van der Waals surface area contributed by atoms with Crippen molar-refractivity contribution in [3.63, 3.8) is 0 Å². The Balaban J connectivity index is 1.37. The van der Waals surface area contributed by atoms with E-state index < -0.39 is 5.41 Å². The molecule has 0 spiro atoms. The van der Waals surface area contributed by atoms with Crippen LogP contribution in [0, 0.1) is 11.8 Å². The average Bonchev–Trinajstić information content (AvgIpc) is 3.00. The minimum atomic E-state index is -0.496. The number of hydrogen-bond donors (Lipinski definition) is 0. The number of rotatable bonds is 4. The van der Waals surface area contributed by atoms with E-state index in [0.29, 0.717) is 6.42 Å². The van der Waals surface area contributed by atoms with Crippen LogP contribution in [-0.2, 0) is 10.2 Å². The van der Waals surface area contributed by atoms with Gasteiger partial charge in [0, 0.05) is 51.0 Å². The zero-order valence-corrected chi connectivity index (χ0v) is 17.4. The van der Waals surface area contributed by atoms with Gasteiger partial charge in [-0.05, 0) is 30.2 Å². The third kappa shape index (κ3) is 3.63. The van der Waals surface area contributed by atoms with Crippen molar-refractivity contribution in [3.8, 4) is 11.8 Å². The van der Waals surface area contributed by atoms with E-state index >= 15 is 0 Å². The van der Waals surface area contributed by atoms with Crippen molar-refractivity contribution in [2.24, 2.45) is 0 Å². The molecule has 4 rings (SSSR count). The van der Waals surface area contributed by atoms with Crippen LogP contribution >= 0.6 is 0 Å². The highest BCUT2D eigenvalue weighted by atomic mass is 16.2. The molecule has 4 heteroatoms. The summed E-state index contributed by atoms with van der Waals surface area (Å²) >= 11 is 0. The summed E-state index contributed by atoms with van der Waals surface area (Å²) in [6.45, 7) is 6.97. The molecule has 0 bridgehead atoms. The lowest BCUT2D eigenvalue weighted by molar-refractivity contribution is -0.122. The first-order valence-electron chi connectivity index (χ1n) is 10.5. The van der Waals surface area contributed by atoms with E-state index in [0.717, 1.165) is 50.4 Å². The predicted molar refractivity (Wildman–Crippen MR) is 119 cm³/mol. The SMILES string of the molecule is CCC1(CC#CCN2CCN(c3ccccc3)CC2)C(=O)N(C)c2ccccc21. The summed E-state index contributed by atoms with van der Waals surface area (Å²) < 4.78 is 0. The second kappa shape index (κ2) is 8.31. The number of fused-ring (bicyclic) bond motifs is 1. The summed E-state index contributed by atoms with van der Waals surface area (Å²) in [7, 11) is 1.87. The normalized spacial score (nSPS) is 21.7. The molecule has 1 atom stereocenters. The van der Waals surface area contributed by atoms with Crippen LogP contribution in [0.1, 0.15) is 25.3 Å². The third-order valence-corrected chi connectivity index (χ3v) is 6.41. The Morgan fingerprint density at radius 1 is 0.931 bits per heavy atom. The smallest absolute Gasteiger partial charge is 0.238 e. The Bertz CT molecular complexity index is 922. The van der Waals surface area contributed by atoms with E-state index in [1.165, 1.54) is 5.69 Å². The van der Waals surface area contributed by atoms with Crippen molar-refractivity contribution in [1.29, 1.82) is 0 Å². The van der Waals surface area contributed by atoms with Gasteiger partial charge in [-0.15, -0.1) is 5.92 Å². The lowest BCUT2D eigenvalue weighted by Gasteiger charge is -2.35. The van der Waals surface area contributed by atoms with E-state index in [1.807, 2.05) is 25.2 Å². The van der Waals surface area contributed by atoms with Gasteiger partial charge in [0.2, 0.25) is 5.91 Å². The van der Waals surface area contributed by atoms with Gasteiger partial charge in [0.25, 0.3) is 0 Å². The number of benzene rings is 2. The molecule has 1 unspecified atom stereocenters. The number of nitrogens with zero attached hydrogens (tertiary/aromatic N) is 3. The highest BCUT2D eigenvalue weighted by Gasteiger charge is 2.47. The number of likely N-dealkylation sites (N-methyl/N-ethyl adjacent to an activating group) is 1. The van der Waals surface area contributed by atoms with E-state index in [1.54, 1.807) is 4.90 Å². The lowest BCUT2D eigenvalue weighted by Crippen LogP contribution is -2.46. The Morgan fingerprint density at radius 3 is 2.34 bits per heavy atom. The summed E-state index contributed by atoms with van der Waals surface area (Å²) in [6, 6.07) is 18.7. The first kappa shape index (κ1) is 19.5. The lowest BCUT2D eigenvalue weighted by atomic mass is 9.76. The third-order valence-electron chi connectivity index (χ3n) is 6.41. The molecule has 0 aromatic heterocycles. The molecule has 2 aliphatic heterocycles. The Kier molecular flexibility index (Phi) is 5.60. The first-order valence-corrected chi connectivity index (χ1v) is 10.5. The number of piperazine rings is 1. The number of anilines is 2. The van der Waals surface area contributed by atoms with Gasteiger partial charge in [-0.2, -0.15) is 0 Å². The summed E-state index contributed by atoms with van der Waals surface area (Å²) in [5, 5.41) is 0. The fourth-order valence-corrected chi connectivity index (χ4v) is 4.54. The van der Waals surface area contributed by atoms with Crippen molar-refractivity contribution >= 4 is 17.3 Å². The molecular formula is C25H29N3O. The van der Waals surface area contributed by atoms with Crippen LogP contribution < -0.4 is 9.80 Å². The number of para-hydroxylation sites is 2. The van der Waals surface area contributed by atoms with Crippen molar-refractivity contribution < 1.29 is 4.79 Å². The molecule has 2 aliphatic rings. The number of carbonyl (C=O) groups is 1. The van der Waals surface area contributed by atoms with Gasteiger partial charge in [-0.3, -0.25) is 9.69 Å². The van der Waals surface area contributed by atoms with Crippen molar-refractivity contribution in [2.75, 3.05) is 49.6 Å². The van der Waals surface area contributed by atoms with Gasteiger partial charge in [0.15, 0.2) is 0 Å². The van der Waals surface area contributed by atoms with Crippen LogP contribution in [0.3, 0.4) is 0 Å². The Labute approximate surface area is 174 Å². The average molecular weight is 388 g/mol. The monoisotopic (exact) mass is 387 g/mol. The van der Waals surface area contributed by atoms with E-state index in [-0.39, 0.29) is 5.91 Å². The van der Waals surface area contributed by atoms with Crippen molar-refractivity contribution in [3.05, 3.63) is 60.2 Å². The molecule has 1 fully saturated rings. The molecule has 4 nitrogen and oxygen atoms in total. The predicted octanol–water partition coefficient (Wildman–Crippen LogP) is 3.53. The van der Waals surface area contributed by atoms with Gasteiger partial charge in [0.05, 0.1) is 12.0 Å². The molecule has 2 heterocycles. The minimum Gasteiger partial charge on any atom is -0.369 e. The maximum Gasteiger partial charge on any atom is 0.238 e. The first-order chi connectivity index (χ1) is 14.2. The number of hydrogen-bond acceptors (Lipinski definition) is 3. The van der Waals surface area contributed by atoms with E-state index in [9.17, 15) is 4.79 Å². The summed E-state index contributed by atoms with van der Waals surface area (Å²) in [5.41, 5.74) is 2.95. The molecule has 2 aromatic rings.